The van der Waals surface area contributed by atoms with Crippen molar-refractivity contribution in [3.63, 3.8) is 0 Å². The second-order valence-corrected chi connectivity index (χ2v) is 9.70. The first kappa shape index (κ1) is 18.1. The van der Waals surface area contributed by atoms with Crippen LogP contribution in [0.3, 0.4) is 0 Å². The minimum atomic E-state index is -3.76. The second kappa shape index (κ2) is 6.57. The summed E-state index contributed by atoms with van der Waals surface area (Å²) in [6, 6.07) is 14.9. The number of aromatic amines is 2. The lowest BCUT2D eigenvalue weighted by atomic mass is 10.0. The number of pyridine rings is 1. The first-order valence-electron chi connectivity index (χ1n) is 9.00. The van der Waals surface area contributed by atoms with Gasteiger partial charge in [0.1, 0.15) is 5.65 Å². The molecule has 29 heavy (non-hydrogen) atoms. The molecule has 5 nitrogen and oxygen atoms in total. The molecule has 0 spiro atoms. The van der Waals surface area contributed by atoms with E-state index in [9.17, 15) is 8.42 Å². The van der Waals surface area contributed by atoms with Crippen LogP contribution >= 0.6 is 15.9 Å². The maximum absolute atomic E-state index is 13.6. The van der Waals surface area contributed by atoms with Crippen LogP contribution in [0.15, 0.2) is 81.4 Å². The van der Waals surface area contributed by atoms with Gasteiger partial charge in [-0.3, -0.25) is 0 Å². The van der Waals surface area contributed by atoms with Gasteiger partial charge in [-0.25, -0.2) is 13.4 Å². The summed E-state index contributed by atoms with van der Waals surface area (Å²) in [6.45, 7) is 1.93. The van der Waals surface area contributed by atoms with Gasteiger partial charge >= 0.3 is 0 Å². The van der Waals surface area contributed by atoms with Gasteiger partial charge in [0.25, 0.3) is 0 Å². The maximum Gasteiger partial charge on any atom is 0.208 e. The van der Waals surface area contributed by atoms with Gasteiger partial charge in [-0.15, -0.1) is 0 Å². The van der Waals surface area contributed by atoms with Crippen LogP contribution in [0.4, 0.5) is 0 Å². The molecule has 0 radical (unpaired) electrons. The summed E-state index contributed by atoms with van der Waals surface area (Å²) < 4.78 is 27.6. The van der Waals surface area contributed by atoms with E-state index in [-0.39, 0.29) is 9.79 Å². The highest BCUT2D eigenvalue weighted by atomic mass is 79.9. The highest BCUT2D eigenvalue weighted by Gasteiger charge is 2.27. The third-order valence-corrected chi connectivity index (χ3v) is 7.79. The number of hydrogen-bond acceptors (Lipinski definition) is 3. The van der Waals surface area contributed by atoms with Gasteiger partial charge in [-0.2, -0.15) is 0 Å². The molecular formula is C22H16BrN3O2S. The Hall–Kier alpha value is -2.90. The van der Waals surface area contributed by atoms with E-state index >= 15 is 0 Å². The van der Waals surface area contributed by atoms with Crippen LogP contribution in [0, 0.1) is 6.92 Å². The van der Waals surface area contributed by atoms with Gasteiger partial charge in [0.2, 0.25) is 9.84 Å². The lowest BCUT2D eigenvalue weighted by Gasteiger charge is -2.10. The van der Waals surface area contributed by atoms with Crippen LogP contribution in [-0.4, -0.2) is 23.4 Å². The Morgan fingerprint density at radius 2 is 1.79 bits per heavy atom. The number of nitrogens with one attached hydrogen (secondary N) is 2. The standard InChI is InChI=1S/C22H16BrN3O2S/c1-13-2-5-16(6-3-13)29(27,28)21-18(23)12-26-22-20(21)17(11-25-22)14-4-7-19-15(10-14)8-9-24-19/h2-12,24H,1H3,(H,25,26). The molecule has 0 bridgehead atoms. The molecule has 7 heteroatoms. The molecule has 3 aromatic heterocycles. The van der Waals surface area contributed by atoms with Gasteiger partial charge in [0, 0.05) is 35.1 Å². The Kier molecular flexibility index (Phi) is 4.11. The van der Waals surface area contributed by atoms with Crippen LogP contribution < -0.4 is 0 Å². The molecule has 5 rings (SSSR count). The van der Waals surface area contributed by atoms with E-state index in [1.165, 1.54) is 6.20 Å². The van der Waals surface area contributed by atoms with Gasteiger partial charge in [-0.1, -0.05) is 23.8 Å². The number of aryl methyl sites for hydroxylation is 1. The van der Waals surface area contributed by atoms with Gasteiger partial charge < -0.3 is 9.97 Å². The zero-order chi connectivity index (χ0) is 20.2. The van der Waals surface area contributed by atoms with Crippen LogP contribution in [0.25, 0.3) is 33.1 Å². The summed E-state index contributed by atoms with van der Waals surface area (Å²) in [6.07, 6.45) is 5.22. The van der Waals surface area contributed by atoms with E-state index in [0.29, 0.717) is 15.5 Å². The molecule has 0 aliphatic carbocycles. The quantitative estimate of drug-likeness (QED) is 0.363. The molecule has 0 atom stereocenters. The minimum absolute atomic E-state index is 0.219. The van der Waals surface area contributed by atoms with Gasteiger partial charge in [0.15, 0.2) is 0 Å². The van der Waals surface area contributed by atoms with Crippen molar-refractivity contribution in [3.8, 4) is 11.1 Å². The summed E-state index contributed by atoms with van der Waals surface area (Å²) in [5.41, 5.74) is 4.28. The highest BCUT2D eigenvalue weighted by Crippen LogP contribution is 2.39. The number of fused-ring (bicyclic) bond motifs is 2. The monoisotopic (exact) mass is 465 g/mol. The number of aromatic nitrogens is 3. The lowest BCUT2D eigenvalue weighted by molar-refractivity contribution is 0.596. The van der Waals surface area contributed by atoms with Crippen molar-refractivity contribution in [3.05, 3.63) is 77.2 Å². The van der Waals surface area contributed by atoms with Crippen LogP contribution in [0.2, 0.25) is 0 Å². The average Bonchev–Trinajstić information content (AvgIpc) is 3.34. The van der Waals surface area contributed by atoms with E-state index < -0.39 is 9.84 Å². The molecule has 0 fully saturated rings. The van der Waals surface area contributed by atoms with Crippen LogP contribution in [-0.2, 0) is 9.84 Å². The zero-order valence-electron chi connectivity index (χ0n) is 15.4. The first-order valence-corrected chi connectivity index (χ1v) is 11.3. The molecule has 0 aliphatic rings. The Balaban J connectivity index is 1.81. The van der Waals surface area contributed by atoms with E-state index in [4.69, 9.17) is 0 Å². The van der Waals surface area contributed by atoms with Crippen molar-refractivity contribution in [2.45, 2.75) is 16.7 Å². The fourth-order valence-corrected chi connectivity index (χ4v) is 6.04. The molecule has 2 N–H and O–H groups in total. The van der Waals surface area contributed by atoms with E-state index in [0.717, 1.165) is 27.6 Å². The molecule has 0 saturated heterocycles. The van der Waals surface area contributed by atoms with Crippen molar-refractivity contribution in [1.82, 2.24) is 15.0 Å². The molecule has 0 aliphatic heterocycles. The first-order chi connectivity index (χ1) is 13.9. The zero-order valence-corrected chi connectivity index (χ0v) is 17.8. The maximum atomic E-state index is 13.6. The normalized spacial score (nSPS) is 12.1. The van der Waals surface area contributed by atoms with Crippen LogP contribution in [0.5, 0.6) is 0 Å². The number of hydrogen-bond donors (Lipinski definition) is 2. The Morgan fingerprint density at radius 3 is 2.59 bits per heavy atom. The number of rotatable bonds is 3. The minimum Gasteiger partial charge on any atom is -0.361 e. The largest absolute Gasteiger partial charge is 0.361 e. The SMILES string of the molecule is Cc1ccc(S(=O)(=O)c2c(Br)cnc3[nH]cc(-c4ccc5[nH]ccc5c4)c23)cc1. The lowest BCUT2D eigenvalue weighted by Crippen LogP contribution is -2.04. The molecular weight excluding hydrogens is 450 g/mol. The molecule has 0 amide bonds. The summed E-state index contributed by atoms with van der Waals surface area (Å²) >= 11 is 3.43. The van der Waals surface area contributed by atoms with Crippen molar-refractivity contribution in [2.24, 2.45) is 0 Å². The highest BCUT2D eigenvalue weighted by molar-refractivity contribution is 9.10. The number of benzene rings is 2. The van der Waals surface area contributed by atoms with Crippen molar-refractivity contribution < 1.29 is 8.42 Å². The third kappa shape index (κ3) is 2.89. The van der Waals surface area contributed by atoms with E-state index in [2.05, 4.69) is 30.9 Å². The number of nitrogens with zero attached hydrogens (tertiary/aromatic N) is 1. The average molecular weight is 466 g/mol. The second-order valence-electron chi connectivity index (χ2n) is 6.96. The molecule has 5 aromatic rings. The van der Waals surface area contributed by atoms with Gasteiger partial charge in [0.05, 0.1) is 14.3 Å². The Labute approximate surface area is 175 Å². The summed E-state index contributed by atoms with van der Waals surface area (Å²) in [7, 11) is -3.76. The van der Waals surface area contributed by atoms with Gasteiger partial charge in [-0.05, 0) is 64.1 Å². The summed E-state index contributed by atoms with van der Waals surface area (Å²) in [5.74, 6) is 0. The fourth-order valence-electron chi connectivity index (χ4n) is 3.59. The predicted octanol–water partition coefficient (Wildman–Crippen LogP) is 5.61. The van der Waals surface area contributed by atoms with Crippen molar-refractivity contribution in [1.29, 1.82) is 0 Å². The van der Waals surface area contributed by atoms with E-state index in [1.807, 2.05) is 43.6 Å². The molecule has 144 valence electrons. The smallest absolute Gasteiger partial charge is 0.208 e. The topological polar surface area (TPSA) is 78.6 Å². The number of halogens is 1. The molecule has 3 heterocycles. The molecule has 0 saturated carbocycles. The number of H-pyrrole nitrogens is 2. The molecule has 0 unspecified atom stereocenters. The van der Waals surface area contributed by atoms with Crippen LogP contribution in [0.1, 0.15) is 5.56 Å². The Bertz CT molecular complexity index is 1480. The third-order valence-electron chi connectivity index (χ3n) is 5.07. The van der Waals surface area contributed by atoms with Crippen molar-refractivity contribution >= 4 is 47.7 Å². The van der Waals surface area contributed by atoms with Crippen molar-refractivity contribution in [2.75, 3.05) is 0 Å². The summed E-state index contributed by atoms with van der Waals surface area (Å²) in [5, 5.41) is 1.64. The predicted molar refractivity (Wildman–Crippen MR) is 118 cm³/mol. The Morgan fingerprint density at radius 1 is 1.00 bits per heavy atom. The summed E-state index contributed by atoms with van der Waals surface area (Å²) in [4.78, 5) is 11.2. The number of sulfone groups is 1. The fraction of sp³-hybridized carbons (Fsp3) is 0.0455. The van der Waals surface area contributed by atoms with E-state index in [1.54, 1.807) is 24.3 Å². The molecule has 2 aromatic carbocycles.